The van der Waals surface area contributed by atoms with Crippen LogP contribution in [0, 0.1) is 11.8 Å². The lowest BCUT2D eigenvalue weighted by atomic mass is 9.99. The molecule has 0 aliphatic heterocycles. The highest BCUT2D eigenvalue weighted by Crippen LogP contribution is 2.45. The van der Waals surface area contributed by atoms with E-state index in [9.17, 15) is 43.2 Å². The maximum atomic E-state index is 13.1. The summed E-state index contributed by atoms with van der Waals surface area (Å²) in [7, 11) is -9.92. The van der Waals surface area contributed by atoms with Gasteiger partial charge in [-0.25, -0.2) is 9.13 Å². The Morgan fingerprint density at radius 3 is 0.738 bits per heavy atom. The first kappa shape index (κ1) is 101. The number of hydrogen-bond donors (Lipinski definition) is 3. The highest BCUT2D eigenvalue weighted by molar-refractivity contribution is 7.47. The minimum Gasteiger partial charge on any atom is -0.462 e. The highest BCUT2D eigenvalue weighted by atomic mass is 31.2. The van der Waals surface area contributed by atoms with E-state index in [0.29, 0.717) is 25.7 Å². The number of rotatable bonds is 83. The van der Waals surface area contributed by atoms with Crippen LogP contribution in [0.3, 0.4) is 0 Å². The molecule has 0 saturated carbocycles. The van der Waals surface area contributed by atoms with Gasteiger partial charge in [0, 0.05) is 25.7 Å². The van der Waals surface area contributed by atoms with Gasteiger partial charge >= 0.3 is 39.5 Å². The number of unbranched alkanes of at least 4 members (excludes halogenated alkanes) is 52. The van der Waals surface area contributed by atoms with E-state index < -0.39 is 97.5 Å². The van der Waals surface area contributed by atoms with Crippen LogP contribution in [0.25, 0.3) is 0 Å². The van der Waals surface area contributed by atoms with E-state index in [-0.39, 0.29) is 25.7 Å². The van der Waals surface area contributed by atoms with Crippen LogP contribution in [0.5, 0.6) is 0 Å². The highest BCUT2D eigenvalue weighted by Gasteiger charge is 2.30. The summed E-state index contributed by atoms with van der Waals surface area (Å²) < 4.78 is 68.8. The van der Waals surface area contributed by atoms with Gasteiger partial charge < -0.3 is 33.8 Å². The lowest BCUT2D eigenvalue weighted by molar-refractivity contribution is -0.161. The quantitative estimate of drug-likeness (QED) is 0.0222. The topological polar surface area (TPSA) is 237 Å². The molecule has 612 valence electrons. The molecule has 0 aliphatic carbocycles. The number of phosphoric acid groups is 2. The molecule has 6 atom stereocenters. The average molecular weight is 1510 g/mol. The fourth-order valence-electron chi connectivity index (χ4n) is 13.0. The van der Waals surface area contributed by atoms with E-state index in [1.54, 1.807) is 0 Å². The predicted octanol–water partition coefficient (Wildman–Crippen LogP) is 25.5. The molecule has 0 bridgehead atoms. The van der Waals surface area contributed by atoms with Gasteiger partial charge in [-0.2, -0.15) is 0 Å². The third-order valence-electron chi connectivity index (χ3n) is 20.1. The molecule has 0 rings (SSSR count). The normalized spacial score (nSPS) is 14.1. The molecule has 0 spiro atoms. The Morgan fingerprint density at radius 1 is 0.282 bits per heavy atom. The Balaban J connectivity index is 5.20. The monoisotopic (exact) mass is 1510 g/mol. The summed E-state index contributed by atoms with van der Waals surface area (Å²) in [6.45, 7) is 9.67. The summed E-state index contributed by atoms with van der Waals surface area (Å²) in [5.41, 5.74) is 0. The number of phosphoric ester groups is 2. The largest absolute Gasteiger partial charge is 0.472 e. The molecule has 0 fully saturated rings. The summed E-state index contributed by atoms with van der Waals surface area (Å²) in [5.74, 6) is -0.517. The van der Waals surface area contributed by atoms with Crippen molar-refractivity contribution in [2.75, 3.05) is 39.6 Å². The van der Waals surface area contributed by atoms with Crippen molar-refractivity contribution in [3.8, 4) is 0 Å². The number of carbonyl (C=O) groups is 4. The maximum absolute atomic E-state index is 13.1. The first-order valence-corrected chi connectivity index (χ1v) is 46.5. The number of aliphatic hydroxyl groups excluding tert-OH is 1. The molecular weight excluding hydrogens is 1340 g/mol. The maximum Gasteiger partial charge on any atom is 0.472 e. The zero-order valence-corrected chi connectivity index (χ0v) is 69.4. The molecule has 17 nitrogen and oxygen atoms in total. The van der Waals surface area contributed by atoms with Crippen molar-refractivity contribution >= 4 is 39.5 Å². The molecule has 0 saturated heterocycles. The predicted molar refractivity (Wildman–Crippen MR) is 423 cm³/mol. The van der Waals surface area contributed by atoms with E-state index in [2.05, 4.69) is 41.5 Å². The van der Waals surface area contributed by atoms with Crippen molar-refractivity contribution in [3.05, 3.63) is 0 Å². The van der Waals surface area contributed by atoms with Crippen LogP contribution in [-0.2, 0) is 65.4 Å². The minimum atomic E-state index is -4.96. The molecule has 0 aromatic rings. The minimum absolute atomic E-state index is 0.105. The second-order valence-electron chi connectivity index (χ2n) is 30.9. The molecule has 0 heterocycles. The van der Waals surface area contributed by atoms with Gasteiger partial charge in [-0.15, -0.1) is 0 Å². The van der Waals surface area contributed by atoms with Gasteiger partial charge in [-0.3, -0.25) is 37.3 Å². The molecule has 3 N–H and O–H groups in total. The van der Waals surface area contributed by atoms with E-state index >= 15 is 0 Å². The van der Waals surface area contributed by atoms with E-state index in [0.717, 1.165) is 102 Å². The van der Waals surface area contributed by atoms with Crippen molar-refractivity contribution in [2.45, 2.75) is 464 Å². The van der Waals surface area contributed by atoms with Crippen molar-refractivity contribution in [1.82, 2.24) is 0 Å². The van der Waals surface area contributed by atoms with Gasteiger partial charge in [0.05, 0.1) is 26.4 Å². The first-order valence-electron chi connectivity index (χ1n) is 43.5. The number of carbonyl (C=O) groups excluding carboxylic acids is 4. The first-order chi connectivity index (χ1) is 49.9. The number of esters is 4. The van der Waals surface area contributed by atoms with Crippen LogP contribution >= 0.6 is 15.6 Å². The Labute approximate surface area is 632 Å². The van der Waals surface area contributed by atoms with Crippen molar-refractivity contribution < 1.29 is 80.2 Å². The van der Waals surface area contributed by atoms with Crippen LogP contribution in [0.4, 0.5) is 0 Å². The molecule has 19 heteroatoms. The molecule has 0 aromatic heterocycles. The Kier molecular flexibility index (Phi) is 74.1. The molecular formula is C84H164O17P2. The number of aliphatic hydroxyl groups is 1. The van der Waals surface area contributed by atoms with Crippen LogP contribution < -0.4 is 0 Å². The summed E-state index contributed by atoms with van der Waals surface area (Å²) in [6, 6.07) is 0. The van der Waals surface area contributed by atoms with E-state index in [1.807, 2.05) is 0 Å². The van der Waals surface area contributed by atoms with Gasteiger partial charge in [0.2, 0.25) is 0 Å². The third-order valence-corrected chi connectivity index (χ3v) is 22.0. The average Bonchev–Trinajstić information content (AvgIpc) is 0.908. The zero-order chi connectivity index (χ0) is 75.6. The lowest BCUT2D eigenvalue weighted by Gasteiger charge is -2.21. The zero-order valence-electron chi connectivity index (χ0n) is 67.6. The van der Waals surface area contributed by atoms with Crippen LogP contribution in [-0.4, -0.2) is 96.7 Å². The summed E-state index contributed by atoms with van der Waals surface area (Å²) in [4.78, 5) is 73.1. The van der Waals surface area contributed by atoms with Crippen LogP contribution in [0.1, 0.15) is 446 Å². The van der Waals surface area contributed by atoms with Gasteiger partial charge in [-0.05, 0) is 37.5 Å². The molecule has 0 aliphatic rings. The molecule has 3 unspecified atom stereocenters. The molecule has 103 heavy (non-hydrogen) atoms. The van der Waals surface area contributed by atoms with Gasteiger partial charge in [0.15, 0.2) is 12.2 Å². The Morgan fingerprint density at radius 2 is 0.495 bits per heavy atom. The second kappa shape index (κ2) is 75.5. The van der Waals surface area contributed by atoms with Crippen molar-refractivity contribution in [1.29, 1.82) is 0 Å². The van der Waals surface area contributed by atoms with E-state index in [4.69, 9.17) is 37.0 Å². The standard InChI is InChI=1S/C84H164O17P2/c1-7-10-12-14-16-18-20-21-22-23-24-25-29-32-35-38-42-49-55-61-67-82(87)95-72-79(100-83(88)68-62-56-50-43-39-36-33-30-27-26-28-31-34-37-40-46-52-58-64-76(4)5)74-98-102(90,91)96-70-78(85)71-97-103(92,93)99-75-80(73-94-81(86)66-60-54-48-41-19-17-15-13-11-8-2)101-84(89)69-63-57-51-45-44-47-53-59-65-77(6)9-3/h76-80,85H,7-75H2,1-6H3,(H,90,91)(H,92,93)/t77?,78-,79-,80-/m1/s1. The van der Waals surface area contributed by atoms with Gasteiger partial charge in [0.25, 0.3) is 0 Å². The number of ether oxygens (including phenoxy) is 4. The SMILES string of the molecule is CCCCCCCCCCCCCCCCCCCCCCC(=O)OC[C@H](COP(=O)(O)OC[C@@H](O)COP(=O)(O)OC[C@@H](COC(=O)CCCCCCCCCCCC)OC(=O)CCCCCCCCCCC(C)CC)OC(=O)CCCCCCCCCCCCCCCCCCCCC(C)C. The van der Waals surface area contributed by atoms with Crippen LogP contribution in [0.15, 0.2) is 0 Å². The fraction of sp³-hybridized carbons (Fsp3) is 0.952. The summed E-state index contributed by atoms with van der Waals surface area (Å²) >= 11 is 0. The van der Waals surface area contributed by atoms with Crippen molar-refractivity contribution in [3.63, 3.8) is 0 Å². The molecule has 0 radical (unpaired) electrons. The smallest absolute Gasteiger partial charge is 0.462 e. The van der Waals surface area contributed by atoms with Gasteiger partial charge in [-0.1, -0.05) is 395 Å². The summed E-state index contributed by atoms with van der Waals surface area (Å²) in [6.07, 6.45) is 66.7. The Hall–Kier alpha value is -1.94. The fourth-order valence-corrected chi connectivity index (χ4v) is 14.6. The number of hydrogen-bond acceptors (Lipinski definition) is 15. The van der Waals surface area contributed by atoms with Crippen molar-refractivity contribution in [2.24, 2.45) is 11.8 Å². The van der Waals surface area contributed by atoms with Gasteiger partial charge in [0.1, 0.15) is 19.3 Å². The van der Waals surface area contributed by atoms with E-state index in [1.165, 1.54) is 263 Å². The van der Waals surface area contributed by atoms with Crippen LogP contribution in [0.2, 0.25) is 0 Å². The summed E-state index contributed by atoms with van der Waals surface area (Å²) in [5, 5.41) is 10.7. The second-order valence-corrected chi connectivity index (χ2v) is 33.8. The third kappa shape index (κ3) is 76.6. The molecule has 0 aromatic carbocycles. The molecule has 0 amide bonds. The Bertz CT molecular complexity index is 1980. The lowest BCUT2D eigenvalue weighted by Crippen LogP contribution is -2.30.